The number of urea groups is 1. The number of aliphatic hydroxyl groups is 1. The summed E-state index contributed by atoms with van der Waals surface area (Å²) >= 11 is 0. The van der Waals surface area contributed by atoms with Crippen LogP contribution in [-0.2, 0) is 6.42 Å². The lowest BCUT2D eigenvalue weighted by Crippen LogP contribution is -2.39. The van der Waals surface area contributed by atoms with Crippen LogP contribution in [0.3, 0.4) is 0 Å². The van der Waals surface area contributed by atoms with E-state index in [-0.39, 0.29) is 18.1 Å². The van der Waals surface area contributed by atoms with Crippen molar-refractivity contribution in [1.29, 1.82) is 0 Å². The van der Waals surface area contributed by atoms with Gasteiger partial charge in [0.05, 0.1) is 11.8 Å². The highest BCUT2D eigenvalue weighted by atomic mass is 16.5. The van der Waals surface area contributed by atoms with Crippen LogP contribution in [-0.4, -0.2) is 35.5 Å². The summed E-state index contributed by atoms with van der Waals surface area (Å²) in [6.45, 7) is 8.61. The van der Waals surface area contributed by atoms with Gasteiger partial charge in [0.25, 0.3) is 0 Å². The van der Waals surface area contributed by atoms with Gasteiger partial charge in [-0.1, -0.05) is 12.1 Å². The van der Waals surface area contributed by atoms with Crippen LogP contribution in [0, 0.1) is 19.8 Å². The SMILES string of the molecule is Cc1noc(C)c1CCNC(=O)NCC(C)CC(C)O. The zero-order valence-corrected chi connectivity index (χ0v) is 12.7. The Morgan fingerprint density at radius 1 is 1.35 bits per heavy atom. The summed E-state index contributed by atoms with van der Waals surface area (Å²) in [5.74, 6) is 1.05. The van der Waals surface area contributed by atoms with E-state index in [1.54, 1.807) is 6.92 Å². The smallest absolute Gasteiger partial charge is 0.314 e. The third-order valence-corrected chi connectivity index (χ3v) is 3.20. The van der Waals surface area contributed by atoms with E-state index in [0.717, 1.165) is 17.0 Å². The zero-order valence-electron chi connectivity index (χ0n) is 12.7. The summed E-state index contributed by atoms with van der Waals surface area (Å²) in [5, 5.41) is 18.7. The Balaban J connectivity index is 2.21. The van der Waals surface area contributed by atoms with Gasteiger partial charge in [-0.15, -0.1) is 0 Å². The van der Waals surface area contributed by atoms with E-state index in [4.69, 9.17) is 4.52 Å². The Morgan fingerprint density at radius 2 is 2.05 bits per heavy atom. The highest BCUT2D eigenvalue weighted by Crippen LogP contribution is 2.11. The van der Waals surface area contributed by atoms with Gasteiger partial charge in [-0.05, 0) is 39.5 Å². The Kier molecular flexibility index (Phi) is 6.51. The molecule has 0 aliphatic rings. The van der Waals surface area contributed by atoms with Crippen LogP contribution in [0.2, 0.25) is 0 Å². The summed E-state index contributed by atoms with van der Waals surface area (Å²) in [4.78, 5) is 11.6. The molecule has 2 unspecified atom stereocenters. The fourth-order valence-corrected chi connectivity index (χ4v) is 2.15. The second-order valence-electron chi connectivity index (χ2n) is 5.38. The highest BCUT2D eigenvalue weighted by molar-refractivity contribution is 5.73. The molecule has 20 heavy (non-hydrogen) atoms. The molecule has 0 bridgehead atoms. The molecule has 3 N–H and O–H groups in total. The summed E-state index contributed by atoms with van der Waals surface area (Å²) in [6.07, 6.45) is 1.05. The maximum absolute atomic E-state index is 11.6. The molecule has 0 saturated carbocycles. The molecule has 2 amide bonds. The monoisotopic (exact) mass is 283 g/mol. The predicted octanol–water partition coefficient (Wildman–Crippen LogP) is 1.54. The number of hydrogen-bond acceptors (Lipinski definition) is 4. The summed E-state index contributed by atoms with van der Waals surface area (Å²) in [7, 11) is 0. The molecule has 0 saturated heterocycles. The van der Waals surface area contributed by atoms with E-state index < -0.39 is 0 Å². The van der Waals surface area contributed by atoms with Gasteiger partial charge in [0.15, 0.2) is 0 Å². The fourth-order valence-electron chi connectivity index (χ4n) is 2.15. The maximum atomic E-state index is 11.6. The molecule has 1 heterocycles. The van der Waals surface area contributed by atoms with Crippen molar-refractivity contribution in [2.24, 2.45) is 5.92 Å². The molecule has 6 nitrogen and oxygen atoms in total. The molecule has 1 rings (SSSR count). The Morgan fingerprint density at radius 3 is 2.60 bits per heavy atom. The van der Waals surface area contributed by atoms with Gasteiger partial charge >= 0.3 is 6.03 Å². The van der Waals surface area contributed by atoms with E-state index >= 15 is 0 Å². The topological polar surface area (TPSA) is 87.4 Å². The minimum Gasteiger partial charge on any atom is -0.393 e. The number of aryl methyl sites for hydroxylation is 2. The molecule has 0 aliphatic heterocycles. The minimum atomic E-state index is -0.339. The lowest BCUT2D eigenvalue weighted by Gasteiger charge is -2.14. The number of nitrogens with one attached hydrogen (secondary N) is 2. The highest BCUT2D eigenvalue weighted by Gasteiger charge is 2.10. The van der Waals surface area contributed by atoms with Crippen molar-refractivity contribution >= 4 is 6.03 Å². The summed E-state index contributed by atoms with van der Waals surface area (Å²) < 4.78 is 5.07. The largest absolute Gasteiger partial charge is 0.393 e. The normalized spacial score (nSPS) is 13.8. The van der Waals surface area contributed by atoms with Crippen LogP contribution in [0.1, 0.15) is 37.3 Å². The van der Waals surface area contributed by atoms with Gasteiger partial charge < -0.3 is 20.3 Å². The van der Waals surface area contributed by atoms with Crippen molar-refractivity contribution in [2.75, 3.05) is 13.1 Å². The maximum Gasteiger partial charge on any atom is 0.314 e. The standard InChI is InChI=1S/C14H25N3O3/c1-9(7-10(2)18)8-16-14(19)15-6-5-13-11(3)17-20-12(13)4/h9-10,18H,5-8H2,1-4H3,(H2,15,16,19). The first-order valence-electron chi connectivity index (χ1n) is 7.01. The number of carbonyl (C=O) groups is 1. The molecule has 1 aromatic heterocycles. The van der Waals surface area contributed by atoms with E-state index in [2.05, 4.69) is 15.8 Å². The van der Waals surface area contributed by atoms with Crippen molar-refractivity contribution in [2.45, 2.75) is 46.6 Å². The van der Waals surface area contributed by atoms with Crippen molar-refractivity contribution in [3.63, 3.8) is 0 Å². The van der Waals surface area contributed by atoms with Crippen molar-refractivity contribution in [3.8, 4) is 0 Å². The van der Waals surface area contributed by atoms with Gasteiger partial charge in [0.2, 0.25) is 0 Å². The Labute approximate surface area is 119 Å². The molecule has 2 atom stereocenters. The second kappa shape index (κ2) is 7.89. The van der Waals surface area contributed by atoms with Crippen LogP contribution in [0.15, 0.2) is 4.52 Å². The van der Waals surface area contributed by atoms with Crippen LogP contribution < -0.4 is 10.6 Å². The number of nitrogens with zero attached hydrogens (tertiary/aromatic N) is 1. The molecule has 0 radical (unpaired) electrons. The molecular formula is C14H25N3O3. The number of aliphatic hydroxyl groups excluding tert-OH is 1. The average Bonchev–Trinajstić information content (AvgIpc) is 2.67. The number of amides is 2. The van der Waals surface area contributed by atoms with E-state index in [0.29, 0.717) is 25.9 Å². The molecule has 0 aliphatic carbocycles. The summed E-state index contributed by atoms with van der Waals surface area (Å²) in [5.41, 5.74) is 1.92. The third-order valence-electron chi connectivity index (χ3n) is 3.20. The molecular weight excluding hydrogens is 258 g/mol. The lowest BCUT2D eigenvalue weighted by molar-refractivity contribution is 0.163. The first kappa shape index (κ1) is 16.5. The van der Waals surface area contributed by atoms with Crippen LogP contribution in [0.25, 0.3) is 0 Å². The molecule has 1 aromatic rings. The van der Waals surface area contributed by atoms with Gasteiger partial charge in [-0.3, -0.25) is 0 Å². The van der Waals surface area contributed by atoms with Crippen molar-refractivity contribution in [1.82, 2.24) is 15.8 Å². The van der Waals surface area contributed by atoms with E-state index in [1.807, 2.05) is 20.8 Å². The number of hydrogen-bond donors (Lipinski definition) is 3. The Bertz CT molecular complexity index is 410. The fraction of sp³-hybridized carbons (Fsp3) is 0.714. The molecule has 0 spiro atoms. The predicted molar refractivity (Wildman–Crippen MR) is 76.5 cm³/mol. The van der Waals surface area contributed by atoms with Crippen LogP contribution in [0.5, 0.6) is 0 Å². The van der Waals surface area contributed by atoms with Crippen LogP contribution in [0.4, 0.5) is 4.79 Å². The third kappa shape index (κ3) is 5.61. The molecule has 6 heteroatoms. The Hall–Kier alpha value is -1.56. The van der Waals surface area contributed by atoms with Gasteiger partial charge in [0.1, 0.15) is 5.76 Å². The quantitative estimate of drug-likeness (QED) is 0.708. The first-order valence-corrected chi connectivity index (χ1v) is 7.01. The minimum absolute atomic E-state index is 0.186. The number of aromatic nitrogens is 1. The molecule has 0 aromatic carbocycles. The van der Waals surface area contributed by atoms with Gasteiger partial charge in [-0.2, -0.15) is 0 Å². The second-order valence-corrected chi connectivity index (χ2v) is 5.38. The van der Waals surface area contributed by atoms with Gasteiger partial charge in [-0.25, -0.2) is 4.79 Å². The van der Waals surface area contributed by atoms with E-state index in [9.17, 15) is 9.90 Å². The lowest BCUT2D eigenvalue weighted by atomic mass is 10.1. The number of rotatable bonds is 7. The van der Waals surface area contributed by atoms with E-state index in [1.165, 1.54) is 0 Å². The average molecular weight is 283 g/mol. The van der Waals surface area contributed by atoms with Crippen molar-refractivity contribution in [3.05, 3.63) is 17.0 Å². The number of carbonyl (C=O) groups excluding carboxylic acids is 1. The molecule has 0 fully saturated rings. The summed E-state index contributed by atoms with van der Waals surface area (Å²) in [6, 6.07) is -0.186. The van der Waals surface area contributed by atoms with Crippen molar-refractivity contribution < 1.29 is 14.4 Å². The molecule has 114 valence electrons. The van der Waals surface area contributed by atoms with Gasteiger partial charge in [0, 0.05) is 18.7 Å². The zero-order chi connectivity index (χ0) is 15.1. The van der Waals surface area contributed by atoms with Crippen LogP contribution >= 0.6 is 0 Å². The first-order chi connectivity index (χ1) is 9.40.